The number of aryl methyl sites for hydroxylation is 1. The first-order chi connectivity index (χ1) is 10.1. The standard InChI is InChI=1S/C15H24N6/c1-12(2)7-16-8-13-9-19-14(10-18-13)21(4)11-15-17-5-6-20(15)3/h5-6,9-10,12,16H,7-8,11H2,1-4H3. The lowest BCUT2D eigenvalue weighted by Crippen LogP contribution is -2.22. The van der Waals surface area contributed by atoms with Gasteiger partial charge in [-0.05, 0) is 12.5 Å². The van der Waals surface area contributed by atoms with E-state index in [4.69, 9.17) is 0 Å². The van der Waals surface area contributed by atoms with E-state index in [1.165, 1.54) is 0 Å². The van der Waals surface area contributed by atoms with Crippen molar-refractivity contribution in [1.82, 2.24) is 24.8 Å². The molecule has 0 radical (unpaired) electrons. The van der Waals surface area contributed by atoms with Gasteiger partial charge in [0.2, 0.25) is 0 Å². The van der Waals surface area contributed by atoms with Crippen molar-refractivity contribution in [3.63, 3.8) is 0 Å². The second-order valence-corrected chi connectivity index (χ2v) is 5.70. The maximum atomic E-state index is 4.47. The van der Waals surface area contributed by atoms with E-state index in [1.54, 1.807) is 6.20 Å². The average Bonchev–Trinajstić information content (AvgIpc) is 2.84. The minimum absolute atomic E-state index is 0.640. The Hall–Kier alpha value is -1.95. The molecule has 0 bridgehead atoms. The van der Waals surface area contributed by atoms with E-state index in [1.807, 2.05) is 42.2 Å². The van der Waals surface area contributed by atoms with Crippen LogP contribution in [0.15, 0.2) is 24.8 Å². The fourth-order valence-electron chi connectivity index (χ4n) is 1.97. The monoisotopic (exact) mass is 288 g/mol. The molecule has 0 aliphatic carbocycles. The number of hydrogen-bond donors (Lipinski definition) is 1. The molecule has 0 saturated carbocycles. The molecule has 0 spiro atoms. The predicted octanol–water partition coefficient (Wildman–Crippen LogP) is 1.59. The summed E-state index contributed by atoms with van der Waals surface area (Å²) in [6.45, 7) is 6.84. The number of rotatable bonds is 7. The molecule has 0 atom stereocenters. The van der Waals surface area contributed by atoms with Crippen molar-refractivity contribution in [3.05, 3.63) is 36.3 Å². The van der Waals surface area contributed by atoms with Crippen LogP contribution in [0, 0.1) is 5.92 Å². The summed E-state index contributed by atoms with van der Waals surface area (Å²) in [5.74, 6) is 2.49. The van der Waals surface area contributed by atoms with Crippen molar-refractivity contribution in [3.8, 4) is 0 Å². The summed E-state index contributed by atoms with van der Waals surface area (Å²) in [6.07, 6.45) is 7.39. The molecular weight excluding hydrogens is 264 g/mol. The largest absolute Gasteiger partial charge is 0.351 e. The summed E-state index contributed by atoms with van der Waals surface area (Å²) in [6, 6.07) is 0. The lowest BCUT2D eigenvalue weighted by atomic mass is 10.2. The Balaban J connectivity index is 1.90. The van der Waals surface area contributed by atoms with Crippen molar-refractivity contribution in [1.29, 1.82) is 0 Å². The Labute approximate surface area is 126 Å². The van der Waals surface area contributed by atoms with Gasteiger partial charge in [-0.25, -0.2) is 9.97 Å². The van der Waals surface area contributed by atoms with Crippen molar-refractivity contribution in [2.45, 2.75) is 26.9 Å². The third kappa shape index (κ3) is 4.53. The Morgan fingerprint density at radius 1 is 1.24 bits per heavy atom. The molecule has 6 heteroatoms. The molecule has 0 fully saturated rings. The van der Waals surface area contributed by atoms with Crippen LogP contribution in [0.25, 0.3) is 0 Å². The van der Waals surface area contributed by atoms with E-state index in [0.29, 0.717) is 12.5 Å². The summed E-state index contributed by atoms with van der Waals surface area (Å²) < 4.78 is 2.01. The number of imidazole rings is 1. The summed E-state index contributed by atoms with van der Waals surface area (Å²) in [5, 5.41) is 3.36. The van der Waals surface area contributed by atoms with Gasteiger partial charge in [-0.2, -0.15) is 0 Å². The van der Waals surface area contributed by atoms with Crippen LogP contribution in [0.1, 0.15) is 25.4 Å². The number of anilines is 1. The summed E-state index contributed by atoms with van der Waals surface area (Å²) in [7, 11) is 3.99. The van der Waals surface area contributed by atoms with Gasteiger partial charge < -0.3 is 14.8 Å². The highest BCUT2D eigenvalue weighted by Crippen LogP contribution is 2.10. The maximum absolute atomic E-state index is 4.47. The molecule has 0 aromatic carbocycles. The van der Waals surface area contributed by atoms with Crippen LogP contribution in [-0.4, -0.2) is 33.1 Å². The predicted molar refractivity (Wildman–Crippen MR) is 83.9 cm³/mol. The van der Waals surface area contributed by atoms with E-state index in [2.05, 4.69) is 34.1 Å². The molecule has 0 saturated heterocycles. The van der Waals surface area contributed by atoms with E-state index < -0.39 is 0 Å². The van der Waals surface area contributed by atoms with Crippen LogP contribution < -0.4 is 10.2 Å². The number of nitrogens with one attached hydrogen (secondary N) is 1. The maximum Gasteiger partial charge on any atom is 0.147 e. The van der Waals surface area contributed by atoms with Crippen molar-refractivity contribution >= 4 is 5.82 Å². The van der Waals surface area contributed by atoms with Crippen LogP contribution in [-0.2, 0) is 20.1 Å². The molecule has 0 aliphatic heterocycles. The number of aromatic nitrogens is 4. The van der Waals surface area contributed by atoms with Gasteiger partial charge in [0.05, 0.1) is 24.6 Å². The summed E-state index contributed by atoms with van der Waals surface area (Å²) >= 11 is 0. The van der Waals surface area contributed by atoms with Crippen LogP contribution in [0.2, 0.25) is 0 Å². The third-order valence-corrected chi connectivity index (χ3v) is 3.24. The van der Waals surface area contributed by atoms with Crippen LogP contribution in [0.3, 0.4) is 0 Å². The highest BCUT2D eigenvalue weighted by molar-refractivity contribution is 5.34. The molecule has 0 unspecified atom stereocenters. The van der Waals surface area contributed by atoms with Gasteiger partial charge in [0.25, 0.3) is 0 Å². The zero-order valence-corrected chi connectivity index (χ0v) is 13.2. The smallest absolute Gasteiger partial charge is 0.147 e. The van der Waals surface area contributed by atoms with E-state index >= 15 is 0 Å². The summed E-state index contributed by atoms with van der Waals surface area (Å²) in [5.41, 5.74) is 0.963. The normalized spacial score (nSPS) is 11.1. The highest BCUT2D eigenvalue weighted by Gasteiger charge is 2.07. The van der Waals surface area contributed by atoms with E-state index in [9.17, 15) is 0 Å². The van der Waals surface area contributed by atoms with Crippen molar-refractivity contribution in [2.24, 2.45) is 13.0 Å². The topological polar surface area (TPSA) is 58.9 Å². The van der Waals surface area contributed by atoms with Gasteiger partial charge in [-0.1, -0.05) is 13.8 Å². The number of nitrogens with zero attached hydrogens (tertiary/aromatic N) is 5. The van der Waals surface area contributed by atoms with Crippen molar-refractivity contribution < 1.29 is 0 Å². The molecule has 6 nitrogen and oxygen atoms in total. The Bertz CT molecular complexity index is 546. The zero-order chi connectivity index (χ0) is 15.2. The molecular formula is C15H24N6. The van der Waals surface area contributed by atoms with Gasteiger partial charge in [0.15, 0.2) is 0 Å². The molecule has 2 rings (SSSR count). The molecule has 2 aromatic heterocycles. The molecule has 0 aliphatic rings. The van der Waals surface area contributed by atoms with Gasteiger partial charge in [0.1, 0.15) is 11.6 Å². The van der Waals surface area contributed by atoms with Gasteiger partial charge in [0, 0.05) is 33.0 Å². The molecule has 2 heterocycles. The number of hydrogen-bond acceptors (Lipinski definition) is 5. The van der Waals surface area contributed by atoms with Crippen LogP contribution >= 0.6 is 0 Å². The fraction of sp³-hybridized carbons (Fsp3) is 0.533. The quantitative estimate of drug-likeness (QED) is 0.838. The lowest BCUT2D eigenvalue weighted by molar-refractivity contribution is 0.547. The first-order valence-corrected chi connectivity index (χ1v) is 7.25. The Morgan fingerprint density at radius 3 is 2.62 bits per heavy atom. The molecule has 0 amide bonds. The minimum atomic E-state index is 0.640. The first-order valence-electron chi connectivity index (χ1n) is 7.25. The minimum Gasteiger partial charge on any atom is -0.351 e. The SMILES string of the molecule is CC(C)CNCc1cnc(N(C)Cc2nccn2C)cn1. The average molecular weight is 288 g/mol. The molecule has 21 heavy (non-hydrogen) atoms. The third-order valence-electron chi connectivity index (χ3n) is 3.24. The van der Waals surface area contributed by atoms with Crippen LogP contribution in [0.4, 0.5) is 5.82 Å². The van der Waals surface area contributed by atoms with E-state index in [-0.39, 0.29) is 0 Å². The highest BCUT2D eigenvalue weighted by atomic mass is 15.2. The Morgan fingerprint density at radius 2 is 2.05 bits per heavy atom. The zero-order valence-electron chi connectivity index (χ0n) is 13.2. The second kappa shape index (κ2) is 7.17. The summed E-state index contributed by atoms with van der Waals surface area (Å²) in [4.78, 5) is 15.3. The Kier molecular flexibility index (Phi) is 5.27. The van der Waals surface area contributed by atoms with Gasteiger partial charge in [-0.15, -0.1) is 0 Å². The van der Waals surface area contributed by atoms with E-state index in [0.717, 1.165) is 30.4 Å². The molecule has 114 valence electrons. The molecule has 2 aromatic rings. The molecule has 1 N–H and O–H groups in total. The van der Waals surface area contributed by atoms with Crippen LogP contribution in [0.5, 0.6) is 0 Å². The fourth-order valence-corrected chi connectivity index (χ4v) is 1.97. The second-order valence-electron chi connectivity index (χ2n) is 5.70. The lowest BCUT2D eigenvalue weighted by Gasteiger charge is -2.17. The first kappa shape index (κ1) is 15.4. The van der Waals surface area contributed by atoms with Crippen molar-refractivity contribution in [2.75, 3.05) is 18.5 Å². The van der Waals surface area contributed by atoms with Gasteiger partial charge >= 0.3 is 0 Å². The van der Waals surface area contributed by atoms with Gasteiger partial charge in [-0.3, -0.25) is 4.98 Å².